The number of allylic oxidation sites excluding steroid dienone is 2. The quantitative estimate of drug-likeness (QED) is 0.669. The summed E-state index contributed by atoms with van der Waals surface area (Å²) in [5.41, 5.74) is 0.648. The molecule has 0 spiro atoms. The van der Waals surface area contributed by atoms with Crippen LogP contribution in [0.5, 0.6) is 0 Å². The van der Waals surface area contributed by atoms with E-state index in [1.807, 2.05) is 18.2 Å². The zero-order valence-corrected chi connectivity index (χ0v) is 13.1. The molecule has 0 saturated carbocycles. The number of unbranched alkanes of at least 4 members (excludes halogenated alkanes) is 1. The Morgan fingerprint density at radius 3 is 2.57 bits per heavy atom. The molecule has 1 unspecified atom stereocenters. The molecule has 0 saturated heterocycles. The van der Waals surface area contributed by atoms with E-state index < -0.39 is 0 Å². The van der Waals surface area contributed by atoms with Crippen molar-refractivity contribution in [2.75, 3.05) is 13.7 Å². The van der Waals surface area contributed by atoms with Gasteiger partial charge in [0.2, 0.25) is 0 Å². The molecule has 3 heteroatoms. The average Bonchev–Trinajstić information content (AvgIpc) is 2.54. The lowest BCUT2D eigenvalue weighted by Gasteiger charge is -2.30. The molecule has 112 valence electrons. The molecular formula is C18H23NO2. The molecule has 3 nitrogen and oxygen atoms in total. The Kier molecular flexibility index (Phi) is 5.50. The largest absolute Gasteiger partial charge is 0.500 e. The van der Waals surface area contributed by atoms with Crippen molar-refractivity contribution in [1.29, 1.82) is 5.26 Å². The van der Waals surface area contributed by atoms with Gasteiger partial charge in [0.1, 0.15) is 17.4 Å². The molecule has 0 amide bonds. The molecule has 0 fully saturated rings. The normalized spacial score (nSPS) is 19.4. The zero-order chi connectivity index (χ0) is 15.2. The molecular weight excluding hydrogens is 262 g/mol. The fourth-order valence-corrected chi connectivity index (χ4v) is 2.62. The predicted octanol–water partition coefficient (Wildman–Crippen LogP) is 4.26. The summed E-state index contributed by atoms with van der Waals surface area (Å²) in [5, 5.41) is 9.16. The molecule has 0 N–H and O–H groups in total. The number of hydrogen-bond donors (Lipinski definition) is 0. The summed E-state index contributed by atoms with van der Waals surface area (Å²) in [6.45, 7) is 5.17. The van der Waals surface area contributed by atoms with Crippen molar-refractivity contribution in [2.24, 2.45) is 5.92 Å². The second-order valence-electron chi connectivity index (χ2n) is 5.49. The summed E-state index contributed by atoms with van der Waals surface area (Å²) in [6.07, 6.45) is 10.6. The first-order valence-corrected chi connectivity index (χ1v) is 7.70. The molecule has 2 radical (unpaired) electrons. The average molecular weight is 285 g/mol. The van der Waals surface area contributed by atoms with Crippen molar-refractivity contribution in [2.45, 2.75) is 39.5 Å². The maximum Gasteiger partial charge on any atom is 0.110 e. The Hall–Kier alpha value is -1.69. The van der Waals surface area contributed by atoms with Crippen LogP contribution in [0.1, 0.15) is 39.5 Å². The molecule has 3 aliphatic carbocycles. The van der Waals surface area contributed by atoms with Gasteiger partial charge in [0.05, 0.1) is 25.7 Å². The highest BCUT2D eigenvalue weighted by Crippen LogP contribution is 2.42. The molecule has 0 aliphatic heterocycles. The summed E-state index contributed by atoms with van der Waals surface area (Å²) in [4.78, 5) is 0. The van der Waals surface area contributed by atoms with Crippen LogP contribution in [0.2, 0.25) is 0 Å². The van der Waals surface area contributed by atoms with Crippen LogP contribution >= 0.6 is 0 Å². The third-order valence-corrected chi connectivity index (χ3v) is 4.06. The van der Waals surface area contributed by atoms with Crippen molar-refractivity contribution in [1.82, 2.24) is 0 Å². The Morgan fingerprint density at radius 2 is 2.00 bits per heavy atom. The summed E-state index contributed by atoms with van der Waals surface area (Å²) in [6, 6.07) is 2.21. The summed E-state index contributed by atoms with van der Waals surface area (Å²) in [7, 11) is 1.63. The van der Waals surface area contributed by atoms with E-state index >= 15 is 0 Å². The van der Waals surface area contributed by atoms with E-state index in [1.54, 1.807) is 7.11 Å². The van der Waals surface area contributed by atoms with Crippen molar-refractivity contribution in [3.05, 3.63) is 47.2 Å². The van der Waals surface area contributed by atoms with E-state index in [4.69, 9.17) is 14.7 Å². The van der Waals surface area contributed by atoms with E-state index in [-0.39, 0.29) is 0 Å². The molecule has 2 bridgehead atoms. The van der Waals surface area contributed by atoms with Gasteiger partial charge >= 0.3 is 0 Å². The van der Waals surface area contributed by atoms with Gasteiger partial charge in [-0.05, 0) is 24.5 Å². The van der Waals surface area contributed by atoms with Gasteiger partial charge in [0, 0.05) is 5.57 Å². The smallest absolute Gasteiger partial charge is 0.110 e. The van der Waals surface area contributed by atoms with Gasteiger partial charge in [0.15, 0.2) is 0 Å². The second-order valence-corrected chi connectivity index (χ2v) is 5.49. The molecule has 3 rings (SSSR count). The van der Waals surface area contributed by atoms with Crippen molar-refractivity contribution in [3.63, 3.8) is 0 Å². The molecule has 21 heavy (non-hydrogen) atoms. The van der Waals surface area contributed by atoms with Crippen LogP contribution < -0.4 is 0 Å². The molecule has 1 atom stereocenters. The van der Waals surface area contributed by atoms with Crippen molar-refractivity contribution < 1.29 is 9.47 Å². The van der Waals surface area contributed by atoms with E-state index in [9.17, 15) is 0 Å². The lowest BCUT2D eigenvalue weighted by atomic mass is 9.80. The minimum absolute atomic E-state index is 0.599. The minimum Gasteiger partial charge on any atom is -0.500 e. The topological polar surface area (TPSA) is 42.2 Å². The zero-order valence-electron chi connectivity index (χ0n) is 13.1. The van der Waals surface area contributed by atoms with E-state index in [0.717, 1.165) is 36.4 Å². The fraction of sp³-hybridized carbons (Fsp3) is 0.500. The van der Waals surface area contributed by atoms with Crippen molar-refractivity contribution in [3.8, 4) is 6.07 Å². The maximum atomic E-state index is 9.16. The Bertz CT molecular complexity index is 496. The van der Waals surface area contributed by atoms with Crippen LogP contribution in [0.25, 0.3) is 0 Å². The number of ether oxygens (including phenoxy) is 2. The monoisotopic (exact) mass is 285 g/mol. The third-order valence-electron chi connectivity index (χ3n) is 4.06. The predicted molar refractivity (Wildman–Crippen MR) is 82.6 cm³/mol. The number of rotatable bonds is 8. The van der Waals surface area contributed by atoms with Gasteiger partial charge in [-0.1, -0.05) is 39.2 Å². The van der Waals surface area contributed by atoms with E-state index in [0.29, 0.717) is 11.5 Å². The van der Waals surface area contributed by atoms with Crippen LogP contribution in [0, 0.1) is 29.1 Å². The SMILES string of the molecule is CCCCC(CC)COC1=C[C]2C(C#N)=C[C]1C=C2OC. The highest BCUT2D eigenvalue weighted by molar-refractivity contribution is 5.67. The molecule has 3 aliphatic rings. The summed E-state index contributed by atoms with van der Waals surface area (Å²) in [5.74, 6) is 3.96. The van der Waals surface area contributed by atoms with Gasteiger partial charge < -0.3 is 9.47 Å². The Balaban J connectivity index is 1.96. The van der Waals surface area contributed by atoms with E-state index in [1.165, 1.54) is 19.3 Å². The van der Waals surface area contributed by atoms with E-state index in [2.05, 4.69) is 19.9 Å². The van der Waals surface area contributed by atoms with Gasteiger partial charge in [0.25, 0.3) is 0 Å². The molecule has 0 aromatic heterocycles. The highest BCUT2D eigenvalue weighted by Gasteiger charge is 2.34. The lowest BCUT2D eigenvalue weighted by molar-refractivity contribution is 0.156. The van der Waals surface area contributed by atoms with Crippen molar-refractivity contribution >= 4 is 0 Å². The Labute approximate surface area is 127 Å². The first kappa shape index (κ1) is 15.7. The summed E-state index contributed by atoms with van der Waals surface area (Å²) >= 11 is 0. The Morgan fingerprint density at radius 1 is 1.19 bits per heavy atom. The first-order valence-electron chi connectivity index (χ1n) is 7.70. The van der Waals surface area contributed by atoms with Gasteiger partial charge in [-0.3, -0.25) is 0 Å². The third kappa shape index (κ3) is 3.50. The highest BCUT2D eigenvalue weighted by atomic mass is 16.5. The lowest BCUT2D eigenvalue weighted by Crippen LogP contribution is -2.21. The molecule has 0 heterocycles. The fourth-order valence-electron chi connectivity index (χ4n) is 2.62. The van der Waals surface area contributed by atoms with Gasteiger partial charge in [-0.15, -0.1) is 0 Å². The maximum absolute atomic E-state index is 9.16. The number of nitrogens with zero attached hydrogens (tertiary/aromatic N) is 1. The number of nitriles is 1. The van der Waals surface area contributed by atoms with Crippen LogP contribution in [0.3, 0.4) is 0 Å². The minimum atomic E-state index is 0.599. The summed E-state index contributed by atoms with van der Waals surface area (Å²) < 4.78 is 11.3. The van der Waals surface area contributed by atoms with Crippen LogP contribution in [-0.4, -0.2) is 13.7 Å². The molecule has 0 aromatic rings. The second kappa shape index (κ2) is 7.36. The molecule has 0 aromatic carbocycles. The number of hydrogen-bond acceptors (Lipinski definition) is 3. The van der Waals surface area contributed by atoms with Gasteiger partial charge in [-0.25, -0.2) is 0 Å². The first-order chi connectivity index (χ1) is 10.2. The number of methoxy groups -OCH3 is 1. The van der Waals surface area contributed by atoms with Crippen LogP contribution in [0.4, 0.5) is 0 Å². The van der Waals surface area contributed by atoms with Crippen LogP contribution in [0.15, 0.2) is 35.3 Å². The van der Waals surface area contributed by atoms with Gasteiger partial charge in [-0.2, -0.15) is 5.26 Å². The van der Waals surface area contributed by atoms with Crippen LogP contribution in [-0.2, 0) is 9.47 Å². The standard InChI is InChI=1S/C18H23NO2/c1-4-6-7-13(5-2)12-21-17-10-16-15(11-19)8-14(17)9-18(16)20-3/h8-10,13H,4-7,12H2,1-3H3.